The van der Waals surface area contributed by atoms with Crippen LogP contribution in [0, 0.1) is 6.92 Å². The van der Waals surface area contributed by atoms with Crippen molar-refractivity contribution in [2.24, 2.45) is 5.73 Å². The van der Waals surface area contributed by atoms with Gasteiger partial charge in [-0.3, -0.25) is 0 Å². The van der Waals surface area contributed by atoms with Gasteiger partial charge < -0.3 is 15.6 Å². The molecule has 0 heterocycles. The average molecular weight is 260 g/mol. The van der Waals surface area contributed by atoms with Gasteiger partial charge in [0.05, 0.1) is 0 Å². The zero-order valence-corrected chi connectivity index (χ0v) is 11.0. The summed E-state index contributed by atoms with van der Waals surface area (Å²) in [5.41, 5.74) is 5.98. The van der Waals surface area contributed by atoms with Crippen molar-refractivity contribution in [2.45, 2.75) is 26.8 Å². The normalized spacial score (nSPS) is 9.53. The number of carbonyl (C=O) groups is 1. The Morgan fingerprint density at radius 1 is 1.53 bits per heavy atom. The lowest BCUT2D eigenvalue weighted by molar-refractivity contribution is -0.139. The number of ether oxygens (including phenoxy) is 1. The van der Waals surface area contributed by atoms with Crippen LogP contribution in [0.2, 0.25) is 5.02 Å². The number of hydrogen-bond donors (Lipinski definition) is 2. The van der Waals surface area contributed by atoms with Crippen molar-refractivity contribution in [3.05, 3.63) is 28.8 Å². The minimum Gasteiger partial charge on any atom is -0.482 e. The van der Waals surface area contributed by atoms with Crippen molar-refractivity contribution in [1.82, 2.24) is 0 Å². The molecule has 5 heteroatoms. The summed E-state index contributed by atoms with van der Waals surface area (Å²) in [5, 5.41) is 8.91. The number of halogens is 1. The van der Waals surface area contributed by atoms with Crippen LogP contribution < -0.4 is 10.5 Å². The molecule has 1 aromatic rings. The van der Waals surface area contributed by atoms with Crippen molar-refractivity contribution in [1.29, 1.82) is 0 Å². The Bertz CT molecular complexity index is 364. The Morgan fingerprint density at radius 3 is 2.53 bits per heavy atom. The van der Waals surface area contributed by atoms with E-state index < -0.39 is 5.97 Å². The van der Waals surface area contributed by atoms with E-state index in [1.807, 2.05) is 20.8 Å². The fourth-order valence-corrected chi connectivity index (χ4v) is 1.03. The van der Waals surface area contributed by atoms with Crippen LogP contribution in [-0.2, 0) is 4.79 Å². The molecule has 0 aliphatic rings. The summed E-state index contributed by atoms with van der Waals surface area (Å²) in [7, 11) is 0. The van der Waals surface area contributed by atoms with E-state index in [1.165, 1.54) is 0 Å². The van der Waals surface area contributed by atoms with Crippen LogP contribution in [0.4, 0.5) is 0 Å². The molecule has 0 saturated carbocycles. The van der Waals surface area contributed by atoms with Gasteiger partial charge in [-0.2, -0.15) is 0 Å². The van der Waals surface area contributed by atoms with Gasteiger partial charge in [-0.05, 0) is 30.7 Å². The zero-order valence-electron chi connectivity index (χ0n) is 10.2. The van der Waals surface area contributed by atoms with E-state index in [1.54, 1.807) is 18.2 Å². The lowest BCUT2D eigenvalue weighted by Gasteiger charge is -2.06. The Hall–Kier alpha value is -1.26. The molecule has 96 valence electrons. The fourth-order valence-electron chi connectivity index (χ4n) is 0.869. The number of aliphatic carboxylic acids is 1. The van der Waals surface area contributed by atoms with Crippen LogP contribution in [0.3, 0.4) is 0 Å². The third-order valence-electron chi connectivity index (χ3n) is 1.50. The molecular weight excluding hydrogens is 242 g/mol. The maximum Gasteiger partial charge on any atom is 0.341 e. The Balaban J connectivity index is 0.000000557. The summed E-state index contributed by atoms with van der Waals surface area (Å²) in [4.78, 5) is 10.2. The van der Waals surface area contributed by atoms with Crippen LogP contribution in [0.5, 0.6) is 5.75 Å². The summed E-state index contributed by atoms with van der Waals surface area (Å²) in [6, 6.07) is 5.43. The maximum atomic E-state index is 10.2. The number of carboxylic acids is 1. The summed E-state index contributed by atoms with van der Waals surface area (Å²) < 4.78 is 5.00. The van der Waals surface area contributed by atoms with Crippen LogP contribution in [0.25, 0.3) is 0 Å². The predicted molar refractivity (Wildman–Crippen MR) is 68.6 cm³/mol. The van der Waals surface area contributed by atoms with E-state index in [9.17, 15) is 4.79 Å². The number of nitrogens with two attached hydrogens (primary N) is 1. The van der Waals surface area contributed by atoms with E-state index in [0.29, 0.717) is 16.8 Å². The smallest absolute Gasteiger partial charge is 0.341 e. The van der Waals surface area contributed by atoms with Gasteiger partial charge in [0.2, 0.25) is 0 Å². The second kappa shape index (κ2) is 7.92. The Kier molecular flexibility index (Phi) is 7.34. The van der Waals surface area contributed by atoms with Crippen molar-refractivity contribution >= 4 is 17.6 Å². The Labute approximate surface area is 106 Å². The molecule has 4 nitrogen and oxygen atoms in total. The lowest BCUT2D eigenvalue weighted by Crippen LogP contribution is -2.09. The molecule has 1 aromatic carbocycles. The molecule has 0 atom stereocenters. The predicted octanol–water partition coefficient (Wildman–Crippen LogP) is 2.47. The van der Waals surface area contributed by atoms with Crippen molar-refractivity contribution < 1.29 is 14.6 Å². The van der Waals surface area contributed by atoms with Gasteiger partial charge in [-0.25, -0.2) is 4.79 Å². The highest BCUT2D eigenvalue weighted by Gasteiger charge is 2.02. The minimum absolute atomic E-state index is 0.333. The van der Waals surface area contributed by atoms with E-state index in [4.69, 9.17) is 27.2 Å². The number of benzene rings is 1. The van der Waals surface area contributed by atoms with E-state index in [-0.39, 0.29) is 6.61 Å². The first-order valence-corrected chi connectivity index (χ1v) is 5.57. The van der Waals surface area contributed by atoms with Crippen molar-refractivity contribution in [2.75, 3.05) is 6.61 Å². The van der Waals surface area contributed by atoms with E-state index in [0.717, 1.165) is 5.56 Å². The van der Waals surface area contributed by atoms with E-state index in [2.05, 4.69) is 0 Å². The fraction of sp³-hybridized carbons (Fsp3) is 0.417. The highest BCUT2D eigenvalue weighted by atomic mass is 35.5. The quantitative estimate of drug-likeness (QED) is 0.875. The summed E-state index contributed by atoms with van der Waals surface area (Å²) >= 11 is 5.70. The molecule has 17 heavy (non-hydrogen) atoms. The van der Waals surface area contributed by atoms with Gasteiger partial charge in [-0.15, -0.1) is 0 Å². The van der Waals surface area contributed by atoms with Gasteiger partial charge in [0.1, 0.15) is 5.75 Å². The van der Waals surface area contributed by atoms with Crippen LogP contribution in [0.15, 0.2) is 18.2 Å². The molecule has 0 amide bonds. The van der Waals surface area contributed by atoms with Gasteiger partial charge in [0.25, 0.3) is 0 Å². The minimum atomic E-state index is -1.00. The van der Waals surface area contributed by atoms with Gasteiger partial charge in [-0.1, -0.05) is 31.5 Å². The number of aryl methyl sites for hydroxylation is 1. The summed E-state index contributed by atoms with van der Waals surface area (Å²) in [6.07, 6.45) is 0. The summed E-state index contributed by atoms with van der Waals surface area (Å²) in [6.45, 7) is 5.37. The first-order chi connectivity index (χ1) is 7.82. The molecule has 0 saturated heterocycles. The van der Waals surface area contributed by atoms with Crippen LogP contribution in [-0.4, -0.2) is 23.7 Å². The maximum absolute atomic E-state index is 10.2. The second-order valence-electron chi connectivity index (χ2n) is 3.84. The molecule has 0 fully saturated rings. The molecule has 0 spiro atoms. The van der Waals surface area contributed by atoms with Crippen molar-refractivity contribution in [3.63, 3.8) is 0 Å². The zero-order chi connectivity index (χ0) is 13.4. The molecule has 0 aromatic heterocycles. The third kappa shape index (κ3) is 8.54. The SMILES string of the molecule is CC(C)N.Cc1ccc(Cl)cc1OCC(=O)O. The molecule has 0 bridgehead atoms. The standard InChI is InChI=1S/C9H9ClO3.C3H9N/c1-6-2-3-7(10)4-8(6)13-5-9(11)12;1-3(2)4/h2-4H,5H2,1H3,(H,11,12);3H,4H2,1-2H3. The topological polar surface area (TPSA) is 72.5 Å². The first-order valence-electron chi connectivity index (χ1n) is 5.19. The highest BCUT2D eigenvalue weighted by molar-refractivity contribution is 6.30. The van der Waals surface area contributed by atoms with Crippen molar-refractivity contribution in [3.8, 4) is 5.75 Å². The Morgan fingerprint density at radius 2 is 2.06 bits per heavy atom. The monoisotopic (exact) mass is 259 g/mol. The van der Waals surface area contributed by atoms with E-state index >= 15 is 0 Å². The van der Waals surface area contributed by atoms with Crippen LogP contribution in [0.1, 0.15) is 19.4 Å². The van der Waals surface area contributed by atoms with Crippen LogP contribution >= 0.6 is 11.6 Å². The highest BCUT2D eigenvalue weighted by Crippen LogP contribution is 2.22. The molecule has 0 unspecified atom stereocenters. The van der Waals surface area contributed by atoms with Gasteiger partial charge >= 0.3 is 5.97 Å². The average Bonchev–Trinajstić information content (AvgIpc) is 2.18. The number of carboxylic acid groups (broad SMARTS) is 1. The molecule has 1 rings (SSSR count). The molecule has 0 aliphatic heterocycles. The molecular formula is C12H18ClNO3. The largest absolute Gasteiger partial charge is 0.482 e. The number of hydrogen-bond acceptors (Lipinski definition) is 3. The molecule has 0 aliphatic carbocycles. The molecule has 0 radical (unpaired) electrons. The molecule has 3 N–H and O–H groups in total. The van der Waals surface area contributed by atoms with Gasteiger partial charge in [0, 0.05) is 5.02 Å². The second-order valence-corrected chi connectivity index (χ2v) is 4.27. The first kappa shape index (κ1) is 15.7. The lowest BCUT2D eigenvalue weighted by atomic mass is 10.2. The third-order valence-corrected chi connectivity index (χ3v) is 1.74. The summed E-state index contributed by atoms with van der Waals surface area (Å²) in [5.74, 6) is -0.491. The number of rotatable bonds is 3. The van der Waals surface area contributed by atoms with Gasteiger partial charge in [0.15, 0.2) is 6.61 Å².